The van der Waals surface area contributed by atoms with Crippen molar-refractivity contribution in [2.45, 2.75) is 84.7 Å². The van der Waals surface area contributed by atoms with E-state index in [4.69, 9.17) is 5.10 Å². The van der Waals surface area contributed by atoms with Crippen LogP contribution in [0.25, 0.3) is 11.1 Å². The Labute approximate surface area is 237 Å². The molecule has 1 heterocycles. The lowest BCUT2D eigenvalue weighted by Gasteiger charge is -2.19. The highest BCUT2D eigenvalue weighted by Crippen LogP contribution is 2.27. The molecule has 0 spiro atoms. The summed E-state index contributed by atoms with van der Waals surface area (Å²) in [5.74, 6) is -0.448. The maximum atomic E-state index is 13.0. The number of hydrogen-bond donors (Lipinski definition) is 1. The van der Waals surface area contributed by atoms with Gasteiger partial charge in [-0.3, -0.25) is 9.36 Å². The van der Waals surface area contributed by atoms with Crippen LogP contribution in [0.15, 0.2) is 77.6 Å². The number of rotatable bonds is 11. The minimum Gasteiger partial charge on any atom is -0.481 e. The minimum absolute atomic E-state index is 0.0582. The van der Waals surface area contributed by atoms with Gasteiger partial charge in [-0.2, -0.15) is 5.10 Å². The third-order valence-corrected chi connectivity index (χ3v) is 7.62. The smallest absolute Gasteiger partial charge is 0.346 e. The highest BCUT2D eigenvalue weighted by atomic mass is 16.4. The van der Waals surface area contributed by atoms with Crippen LogP contribution in [0.1, 0.15) is 81.5 Å². The molecule has 0 fully saturated rings. The van der Waals surface area contributed by atoms with Crippen LogP contribution in [0, 0.1) is 0 Å². The Morgan fingerprint density at radius 1 is 0.900 bits per heavy atom. The van der Waals surface area contributed by atoms with Crippen molar-refractivity contribution in [3.05, 3.63) is 111 Å². The van der Waals surface area contributed by atoms with Crippen molar-refractivity contribution in [1.29, 1.82) is 0 Å². The van der Waals surface area contributed by atoms with Crippen molar-refractivity contribution in [2.24, 2.45) is 0 Å². The molecule has 1 N–H and O–H groups in total. The van der Waals surface area contributed by atoms with Gasteiger partial charge < -0.3 is 5.11 Å². The molecule has 0 bridgehead atoms. The first-order valence-corrected chi connectivity index (χ1v) is 14.3. The number of aromatic nitrogens is 3. The van der Waals surface area contributed by atoms with Crippen LogP contribution < -0.4 is 5.69 Å². The Bertz CT molecular complexity index is 1490. The van der Waals surface area contributed by atoms with Crippen molar-refractivity contribution in [3.63, 3.8) is 0 Å². The summed E-state index contributed by atoms with van der Waals surface area (Å²) < 4.78 is 3.36. The molecule has 0 radical (unpaired) electrons. The van der Waals surface area contributed by atoms with E-state index in [0.717, 1.165) is 47.3 Å². The number of aliphatic carboxylic acids is 1. The van der Waals surface area contributed by atoms with Crippen LogP contribution in [0.5, 0.6) is 0 Å². The quantitative estimate of drug-likeness (QED) is 0.227. The van der Waals surface area contributed by atoms with Gasteiger partial charge in [-0.25, -0.2) is 9.48 Å². The SMILES string of the molecule is CCC(C(=O)O)c1cccc(-c2ccc(CCCc3nn(Cc4ccc(C(C)(C)C)cc4)c(=O)n3CC)cc2)c1. The number of benzene rings is 3. The molecule has 0 saturated heterocycles. The number of carboxylic acid groups (broad SMARTS) is 1. The summed E-state index contributed by atoms with van der Waals surface area (Å²) in [6, 6.07) is 24.7. The molecule has 0 aliphatic rings. The molecule has 0 aliphatic carbocycles. The first-order valence-electron chi connectivity index (χ1n) is 14.3. The summed E-state index contributed by atoms with van der Waals surface area (Å²) in [5, 5.41) is 14.2. The van der Waals surface area contributed by atoms with E-state index in [1.807, 2.05) is 38.1 Å². The van der Waals surface area contributed by atoms with Gasteiger partial charge in [0.05, 0.1) is 12.5 Å². The fourth-order valence-corrected chi connectivity index (χ4v) is 5.18. The highest BCUT2D eigenvalue weighted by Gasteiger charge is 2.18. The summed E-state index contributed by atoms with van der Waals surface area (Å²) in [7, 11) is 0. The lowest BCUT2D eigenvalue weighted by atomic mass is 9.87. The van der Waals surface area contributed by atoms with Crippen molar-refractivity contribution in [1.82, 2.24) is 14.3 Å². The van der Waals surface area contributed by atoms with Crippen molar-refractivity contribution < 1.29 is 9.90 Å². The van der Waals surface area contributed by atoms with Gasteiger partial charge in [0.2, 0.25) is 0 Å². The first-order chi connectivity index (χ1) is 19.1. The molecule has 1 aromatic heterocycles. The third kappa shape index (κ3) is 6.79. The van der Waals surface area contributed by atoms with Gasteiger partial charge in [-0.1, -0.05) is 100 Å². The number of nitrogens with zero attached hydrogens (tertiary/aromatic N) is 3. The maximum absolute atomic E-state index is 13.0. The highest BCUT2D eigenvalue weighted by molar-refractivity contribution is 5.77. The number of carbonyl (C=O) groups is 1. The van der Waals surface area contributed by atoms with Gasteiger partial charge in [0.25, 0.3) is 0 Å². The number of aryl methyl sites for hydroxylation is 2. The van der Waals surface area contributed by atoms with E-state index < -0.39 is 11.9 Å². The Morgan fingerprint density at radius 2 is 1.57 bits per heavy atom. The molecule has 4 rings (SSSR count). The van der Waals surface area contributed by atoms with E-state index in [9.17, 15) is 14.7 Å². The molecule has 210 valence electrons. The largest absolute Gasteiger partial charge is 0.481 e. The van der Waals surface area contributed by atoms with E-state index in [2.05, 4.69) is 69.3 Å². The van der Waals surface area contributed by atoms with E-state index in [-0.39, 0.29) is 11.1 Å². The summed E-state index contributed by atoms with van der Waals surface area (Å²) in [4.78, 5) is 24.6. The fraction of sp³-hybridized carbons (Fsp3) is 0.382. The predicted molar refractivity (Wildman–Crippen MR) is 161 cm³/mol. The fourth-order valence-electron chi connectivity index (χ4n) is 5.18. The zero-order valence-corrected chi connectivity index (χ0v) is 24.4. The van der Waals surface area contributed by atoms with Crippen molar-refractivity contribution in [2.75, 3.05) is 0 Å². The number of hydrogen-bond acceptors (Lipinski definition) is 3. The molecule has 4 aromatic rings. The lowest BCUT2D eigenvalue weighted by molar-refractivity contribution is -0.138. The van der Waals surface area contributed by atoms with Crippen LogP contribution in [0.3, 0.4) is 0 Å². The van der Waals surface area contributed by atoms with Gasteiger partial charge in [0, 0.05) is 13.0 Å². The van der Waals surface area contributed by atoms with Crippen LogP contribution in [0.4, 0.5) is 0 Å². The summed E-state index contributed by atoms with van der Waals surface area (Å²) >= 11 is 0. The molecular weight excluding hydrogens is 498 g/mol. The molecule has 40 heavy (non-hydrogen) atoms. The van der Waals surface area contributed by atoms with E-state index in [0.29, 0.717) is 19.5 Å². The Kier molecular flexibility index (Phi) is 9.08. The van der Waals surface area contributed by atoms with Gasteiger partial charge >= 0.3 is 11.7 Å². The van der Waals surface area contributed by atoms with Crippen LogP contribution in [0.2, 0.25) is 0 Å². The second-order valence-electron chi connectivity index (χ2n) is 11.5. The zero-order valence-electron chi connectivity index (χ0n) is 24.4. The number of carboxylic acids is 1. The summed E-state index contributed by atoms with van der Waals surface area (Å²) in [5.41, 5.74) is 6.53. The molecule has 6 heteroatoms. The summed E-state index contributed by atoms with van der Waals surface area (Å²) in [6.45, 7) is 11.5. The Morgan fingerprint density at radius 3 is 2.17 bits per heavy atom. The Hall–Kier alpha value is -3.93. The van der Waals surface area contributed by atoms with Crippen LogP contribution in [-0.4, -0.2) is 25.4 Å². The topological polar surface area (TPSA) is 77.1 Å². The normalized spacial score (nSPS) is 12.4. The lowest BCUT2D eigenvalue weighted by Crippen LogP contribution is -2.25. The summed E-state index contributed by atoms with van der Waals surface area (Å²) in [6.07, 6.45) is 3.07. The molecule has 1 unspecified atom stereocenters. The van der Waals surface area contributed by atoms with E-state index in [1.165, 1.54) is 11.1 Å². The van der Waals surface area contributed by atoms with Crippen molar-refractivity contribution in [3.8, 4) is 11.1 Å². The van der Waals surface area contributed by atoms with Gasteiger partial charge in [-0.05, 0) is 65.0 Å². The molecule has 0 aliphatic heterocycles. The zero-order chi connectivity index (χ0) is 28.9. The predicted octanol–water partition coefficient (Wildman–Crippen LogP) is 6.83. The van der Waals surface area contributed by atoms with E-state index in [1.54, 1.807) is 9.25 Å². The molecule has 0 saturated carbocycles. The second-order valence-corrected chi connectivity index (χ2v) is 11.5. The standard InChI is InChI=1S/C34H41N3O3/c1-6-30(32(38)39)28-12-9-11-27(22-28)26-18-14-24(15-19-26)10-8-13-31-35-37(33(40)36(31)7-2)23-25-16-20-29(21-17-25)34(3,4)5/h9,11-12,14-22,30H,6-8,10,13,23H2,1-5H3,(H,38,39). The monoisotopic (exact) mass is 539 g/mol. The van der Waals surface area contributed by atoms with Gasteiger partial charge in [-0.15, -0.1) is 0 Å². The second kappa shape index (κ2) is 12.5. The van der Waals surface area contributed by atoms with Crippen molar-refractivity contribution >= 4 is 5.97 Å². The third-order valence-electron chi connectivity index (χ3n) is 7.62. The van der Waals surface area contributed by atoms with E-state index >= 15 is 0 Å². The van der Waals surface area contributed by atoms with Gasteiger partial charge in [0.15, 0.2) is 0 Å². The average molecular weight is 540 g/mol. The molecule has 0 amide bonds. The van der Waals surface area contributed by atoms with Crippen LogP contribution >= 0.6 is 0 Å². The molecule has 3 aromatic carbocycles. The van der Waals surface area contributed by atoms with Gasteiger partial charge in [0.1, 0.15) is 5.82 Å². The molecule has 1 atom stereocenters. The Balaban J connectivity index is 1.39. The average Bonchev–Trinajstić information content (AvgIpc) is 3.22. The molecule has 6 nitrogen and oxygen atoms in total. The van der Waals surface area contributed by atoms with Crippen LogP contribution in [-0.2, 0) is 36.1 Å². The molecular formula is C34H41N3O3. The minimum atomic E-state index is -0.789. The first kappa shape index (κ1) is 29.1. The maximum Gasteiger partial charge on any atom is 0.346 e.